The molecule has 1 saturated heterocycles. The largest absolute Gasteiger partial charge is 0.416 e. The highest BCUT2D eigenvalue weighted by molar-refractivity contribution is 5.96. The third-order valence-corrected chi connectivity index (χ3v) is 5.91. The van der Waals surface area contributed by atoms with Gasteiger partial charge in [-0.1, -0.05) is 24.2 Å². The Bertz CT molecular complexity index is 947. The number of nitrogens with one attached hydrogen (secondary N) is 1. The van der Waals surface area contributed by atoms with Crippen LogP contribution in [0, 0.1) is 12.8 Å². The van der Waals surface area contributed by atoms with Crippen molar-refractivity contribution in [3.05, 3.63) is 52.4 Å². The molecule has 0 aliphatic carbocycles. The van der Waals surface area contributed by atoms with E-state index in [1.54, 1.807) is 13.0 Å². The zero-order chi connectivity index (χ0) is 23.3. The Kier molecular flexibility index (Phi) is 7.58. The lowest BCUT2D eigenvalue weighted by atomic mass is 9.91. The van der Waals surface area contributed by atoms with Gasteiger partial charge in [0.05, 0.1) is 11.3 Å². The first-order valence-corrected chi connectivity index (χ1v) is 10.9. The molecule has 0 radical (unpaired) electrons. The Morgan fingerprint density at radius 3 is 2.62 bits per heavy atom. The molecule has 1 N–H and O–H groups in total. The summed E-state index contributed by atoms with van der Waals surface area (Å²) in [6.07, 6.45) is -1.17. The Hall–Kier alpha value is -2.84. The van der Waals surface area contributed by atoms with E-state index >= 15 is 0 Å². The van der Waals surface area contributed by atoms with Gasteiger partial charge in [-0.3, -0.25) is 9.59 Å². The number of hydrogen-bond donors (Lipinski definition) is 1. The predicted octanol–water partition coefficient (Wildman–Crippen LogP) is 4.51. The van der Waals surface area contributed by atoms with Crippen molar-refractivity contribution in [1.29, 1.82) is 0 Å². The van der Waals surface area contributed by atoms with Gasteiger partial charge in [-0.15, -0.1) is 0 Å². The number of hydrogen-bond acceptors (Lipinski definition) is 4. The van der Waals surface area contributed by atoms with E-state index < -0.39 is 11.7 Å². The van der Waals surface area contributed by atoms with Gasteiger partial charge in [-0.25, -0.2) is 0 Å². The number of aryl methyl sites for hydroxylation is 2. The fourth-order valence-electron chi connectivity index (χ4n) is 4.00. The molecule has 1 aromatic carbocycles. The third kappa shape index (κ3) is 5.89. The van der Waals surface area contributed by atoms with Gasteiger partial charge in [0.25, 0.3) is 5.91 Å². The smallest absolute Gasteiger partial charge is 0.361 e. The summed E-state index contributed by atoms with van der Waals surface area (Å²) in [5, 5.41) is 6.64. The average molecular weight is 451 g/mol. The molecular formula is C23H28F3N3O3. The maximum absolute atomic E-state index is 12.8. The Labute approximate surface area is 185 Å². The average Bonchev–Trinajstić information content (AvgIpc) is 3.16. The molecule has 32 heavy (non-hydrogen) atoms. The van der Waals surface area contributed by atoms with Crippen molar-refractivity contribution < 1.29 is 27.3 Å². The number of amides is 2. The number of alkyl halides is 3. The van der Waals surface area contributed by atoms with Gasteiger partial charge in [0.1, 0.15) is 11.3 Å². The van der Waals surface area contributed by atoms with Crippen LogP contribution in [-0.2, 0) is 23.9 Å². The van der Waals surface area contributed by atoms with Gasteiger partial charge in [-0.2, -0.15) is 13.2 Å². The Morgan fingerprint density at radius 1 is 1.25 bits per heavy atom. The van der Waals surface area contributed by atoms with Gasteiger partial charge in [0, 0.05) is 26.1 Å². The SMILES string of the molecule is CCc1noc(C)c1C(=O)N1CCC(CCC(=O)NCc2cccc(C(F)(F)F)c2)CC1. The number of carbonyl (C=O) groups is 2. The minimum atomic E-state index is -4.40. The second-order valence-corrected chi connectivity index (χ2v) is 8.16. The topological polar surface area (TPSA) is 75.4 Å². The minimum absolute atomic E-state index is 0.0575. The zero-order valence-electron chi connectivity index (χ0n) is 18.3. The van der Waals surface area contributed by atoms with Crippen molar-refractivity contribution in [2.45, 2.75) is 58.7 Å². The summed E-state index contributed by atoms with van der Waals surface area (Å²) in [5.74, 6) is 0.616. The first-order chi connectivity index (χ1) is 15.2. The third-order valence-electron chi connectivity index (χ3n) is 5.91. The number of nitrogens with zero attached hydrogens (tertiary/aromatic N) is 2. The molecule has 2 aromatic rings. The molecule has 2 amide bonds. The van der Waals surface area contributed by atoms with E-state index in [0.29, 0.717) is 60.9 Å². The number of likely N-dealkylation sites (tertiary alicyclic amines) is 1. The zero-order valence-corrected chi connectivity index (χ0v) is 18.3. The van der Waals surface area contributed by atoms with Gasteiger partial charge in [0.15, 0.2) is 0 Å². The molecule has 1 aliphatic rings. The quantitative estimate of drug-likeness (QED) is 0.672. The van der Waals surface area contributed by atoms with Crippen LogP contribution in [0.25, 0.3) is 0 Å². The van der Waals surface area contributed by atoms with Crippen molar-refractivity contribution in [2.24, 2.45) is 5.92 Å². The van der Waals surface area contributed by atoms with Crippen molar-refractivity contribution in [3.63, 3.8) is 0 Å². The summed E-state index contributed by atoms with van der Waals surface area (Å²) < 4.78 is 43.5. The van der Waals surface area contributed by atoms with E-state index in [2.05, 4.69) is 10.5 Å². The maximum atomic E-state index is 12.8. The fraction of sp³-hybridized carbons (Fsp3) is 0.522. The highest BCUT2D eigenvalue weighted by Crippen LogP contribution is 2.29. The number of aromatic nitrogens is 1. The van der Waals surface area contributed by atoms with Crippen molar-refractivity contribution >= 4 is 11.8 Å². The summed E-state index contributed by atoms with van der Waals surface area (Å²) in [7, 11) is 0. The molecule has 0 spiro atoms. The minimum Gasteiger partial charge on any atom is -0.361 e. The summed E-state index contributed by atoms with van der Waals surface area (Å²) >= 11 is 0. The molecule has 1 fully saturated rings. The first-order valence-electron chi connectivity index (χ1n) is 10.9. The van der Waals surface area contributed by atoms with Gasteiger partial charge in [0.2, 0.25) is 5.91 Å². The van der Waals surface area contributed by atoms with Crippen LogP contribution in [0.1, 0.15) is 65.5 Å². The number of piperidine rings is 1. The Morgan fingerprint density at radius 2 is 1.97 bits per heavy atom. The fourth-order valence-corrected chi connectivity index (χ4v) is 4.00. The van der Waals surface area contributed by atoms with E-state index in [1.807, 2.05) is 11.8 Å². The summed E-state index contributed by atoms with van der Waals surface area (Å²) in [4.78, 5) is 26.8. The van der Waals surface area contributed by atoms with Crippen LogP contribution in [-0.4, -0.2) is 35.0 Å². The second kappa shape index (κ2) is 10.2. The lowest BCUT2D eigenvalue weighted by molar-refractivity contribution is -0.137. The standard InChI is InChI=1S/C23H28F3N3O3/c1-3-19-21(15(2)32-28-19)22(31)29-11-9-16(10-12-29)7-8-20(30)27-14-17-5-4-6-18(13-17)23(24,25)26/h4-6,13,16H,3,7-12,14H2,1-2H3,(H,27,30). The summed E-state index contributed by atoms with van der Waals surface area (Å²) in [6.45, 7) is 4.96. The molecule has 174 valence electrons. The Balaban J connectivity index is 1.42. The molecule has 0 saturated carbocycles. The molecule has 2 heterocycles. The van der Waals surface area contributed by atoms with Gasteiger partial charge in [-0.05, 0) is 56.2 Å². The highest BCUT2D eigenvalue weighted by atomic mass is 19.4. The molecular weight excluding hydrogens is 423 g/mol. The van der Waals surface area contributed by atoms with E-state index in [4.69, 9.17) is 4.52 Å². The first kappa shape index (κ1) is 23.8. The molecule has 6 nitrogen and oxygen atoms in total. The molecule has 9 heteroatoms. The van der Waals surface area contributed by atoms with E-state index in [-0.39, 0.29) is 18.4 Å². The van der Waals surface area contributed by atoms with Gasteiger partial charge >= 0.3 is 6.18 Å². The van der Waals surface area contributed by atoms with Crippen molar-refractivity contribution in [2.75, 3.05) is 13.1 Å². The van der Waals surface area contributed by atoms with Crippen molar-refractivity contribution in [1.82, 2.24) is 15.4 Å². The number of rotatable bonds is 7. The molecule has 0 bridgehead atoms. The van der Waals surface area contributed by atoms with Crippen LogP contribution >= 0.6 is 0 Å². The highest BCUT2D eigenvalue weighted by Gasteiger charge is 2.30. The van der Waals surface area contributed by atoms with E-state index in [1.165, 1.54) is 6.07 Å². The number of benzene rings is 1. The molecule has 1 aliphatic heterocycles. The molecule has 0 atom stereocenters. The normalized spacial score (nSPS) is 15.1. The van der Waals surface area contributed by atoms with Crippen molar-refractivity contribution in [3.8, 4) is 0 Å². The molecule has 3 rings (SSSR count). The van der Waals surface area contributed by atoms with E-state index in [9.17, 15) is 22.8 Å². The van der Waals surface area contributed by atoms with Crippen LogP contribution in [0.15, 0.2) is 28.8 Å². The lowest BCUT2D eigenvalue weighted by Crippen LogP contribution is -2.39. The van der Waals surface area contributed by atoms with Gasteiger partial charge < -0.3 is 14.7 Å². The summed E-state index contributed by atoms with van der Waals surface area (Å²) in [5.41, 5.74) is 0.917. The van der Waals surface area contributed by atoms with Crippen LogP contribution in [0.4, 0.5) is 13.2 Å². The predicted molar refractivity (Wildman–Crippen MR) is 112 cm³/mol. The van der Waals surface area contributed by atoms with Crippen LogP contribution in [0.2, 0.25) is 0 Å². The molecule has 1 aromatic heterocycles. The summed E-state index contributed by atoms with van der Waals surface area (Å²) in [6, 6.07) is 4.96. The van der Waals surface area contributed by atoms with Crippen LogP contribution < -0.4 is 5.32 Å². The van der Waals surface area contributed by atoms with E-state index in [0.717, 1.165) is 25.0 Å². The second-order valence-electron chi connectivity index (χ2n) is 8.16. The lowest BCUT2D eigenvalue weighted by Gasteiger charge is -2.32. The van der Waals surface area contributed by atoms with Crippen LogP contribution in [0.5, 0.6) is 0 Å². The van der Waals surface area contributed by atoms with Crippen LogP contribution in [0.3, 0.4) is 0 Å². The number of halogens is 3. The molecule has 0 unspecified atom stereocenters. The monoisotopic (exact) mass is 451 g/mol. The maximum Gasteiger partial charge on any atom is 0.416 e. The number of carbonyl (C=O) groups excluding carboxylic acids is 2.